The van der Waals surface area contributed by atoms with Crippen molar-refractivity contribution in [3.63, 3.8) is 0 Å². The molecule has 1 aliphatic carbocycles. The van der Waals surface area contributed by atoms with Gasteiger partial charge in [-0.05, 0) is 38.5 Å². The second-order valence-corrected chi connectivity index (χ2v) is 6.32. The number of piperidine rings is 1. The van der Waals surface area contributed by atoms with E-state index in [1.165, 1.54) is 0 Å². The molecule has 8 heteroatoms. The fraction of sp³-hybridized carbons (Fsp3) is 0.812. The Kier molecular flexibility index (Phi) is 9.38. The molecule has 7 nitrogen and oxygen atoms in total. The summed E-state index contributed by atoms with van der Waals surface area (Å²) in [5, 5.41) is 8.90. The van der Waals surface area contributed by atoms with E-state index in [0.717, 1.165) is 51.3 Å². The molecule has 24 heavy (non-hydrogen) atoms. The molecule has 0 bridgehead atoms. The highest BCUT2D eigenvalue weighted by atomic mass is 127. The maximum atomic E-state index is 11.8. The third kappa shape index (κ3) is 7.23. The minimum atomic E-state index is -0.00240. The number of nitrogens with one attached hydrogen (secondary N) is 3. The van der Waals surface area contributed by atoms with Crippen LogP contribution in [0.1, 0.15) is 39.0 Å². The molecule has 0 aromatic carbocycles. The molecule has 138 valence electrons. The first-order chi connectivity index (χ1) is 11.1. The molecule has 2 fully saturated rings. The molecule has 1 saturated heterocycles. The summed E-state index contributed by atoms with van der Waals surface area (Å²) in [5.41, 5.74) is 0. The first-order valence-electron chi connectivity index (χ1n) is 8.65. The molecule has 3 N–H and O–H groups in total. The van der Waals surface area contributed by atoms with Gasteiger partial charge in [0.25, 0.3) is 0 Å². The minimum Gasteiger partial charge on any atom is -0.359 e. The lowest BCUT2D eigenvalue weighted by Gasteiger charge is -2.34. The van der Waals surface area contributed by atoms with E-state index in [4.69, 9.17) is 0 Å². The van der Waals surface area contributed by atoms with Crippen LogP contribution in [-0.4, -0.2) is 61.9 Å². The highest BCUT2D eigenvalue weighted by molar-refractivity contribution is 14.0. The summed E-state index contributed by atoms with van der Waals surface area (Å²) in [6, 6.07) is 0.376. The predicted octanol–water partition coefficient (Wildman–Crippen LogP) is 0.697. The van der Waals surface area contributed by atoms with Crippen LogP contribution in [0.15, 0.2) is 4.99 Å². The Balaban J connectivity index is 0.00000288. The Labute approximate surface area is 161 Å². The first kappa shape index (κ1) is 21.0. The van der Waals surface area contributed by atoms with E-state index in [1.54, 1.807) is 7.05 Å². The summed E-state index contributed by atoms with van der Waals surface area (Å²) in [6.45, 7) is 4.73. The average Bonchev–Trinajstić information content (AvgIpc) is 3.36. The lowest BCUT2D eigenvalue weighted by molar-refractivity contribution is -0.122. The van der Waals surface area contributed by atoms with Gasteiger partial charge in [0.15, 0.2) is 5.96 Å². The van der Waals surface area contributed by atoms with E-state index in [-0.39, 0.29) is 42.3 Å². The van der Waals surface area contributed by atoms with E-state index in [9.17, 15) is 9.59 Å². The van der Waals surface area contributed by atoms with Crippen molar-refractivity contribution >= 4 is 41.8 Å². The second kappa shape index (κ2) is 10.7. The lowest BCUT2D eigenvalue weighted by atomic mass is 9.93. The highest BCUT2D eigenvalue weighted by Crippen LogP contribution is 2.20. The molecular weight excluding hydrogens is 421 g/mol. The van der Waals surface area contributed by atoms with Gasteiger partial charge in [-0.25, -0.2) is 4.99 Å². The van der Waals surface area contributed by atoms with Crippen molar-refractivity contribution in [3.05, 3.63) is 0 Å². The van der Waals surface area contributed by atoms with Crippen LogP contribution in [0.2, 0.25) is 0 Å². The monoisotopic (exact) mass is 451 g/mol. The van der Waals surface area contributed by atoms with E-state index in [2.05, 4.69) is 25.8 Å². The van der Waals surface area contributed by atoms with Gasteiger partial charge < -0.3 is 20.9 Å². The number of guanidine groups is 1. The molecule has 2 rings (SSSR count). The van der Waals surface area contributed by atoms with Gasteiger partial charge in [-0.1, -0.05) is 0 Å². The second-order valence-electron chi connectivity index (χ2n) is 6.32. The molecule has 0 aromatic heterocycles. The van der Waals surface area contributed by atoms with Gasteiger partial charge >= 0.3 is 0 Å². The van der Waals surface area contributed by atoms with E-state index >= 15 is 0 Å². The Morgan fingerprint density at radius 3 is 2.33 bits per heavy atom. The summed E-state index contributed by atoms with van der Waals surface area (Å²) in [4.78, 5) is 29.9. The van der Waals surface area contributed by atoms with Crippen LogP contribution in [0, 0.1) is 5.92 Å². The molecule has 0 spiro atoms. The van der Waals surface area contributed by atoms with Gasteiger partial charge in [0.05, 0.1) is 0 Å². The van der Waals surface area contributed by atoms with Crippen LogP contribution in [0.25, 0.3) is 0 Å². The van der Waals surface area contributed by atoms with E-state index in [0.29, 0.717) is 18.4 Å². The van der Waals surface area contributed by atoms with Crippen LogP contribution in [0.5, 0.6) is 0 Å². The van der Waals surface area contributed by atoms with Gasteiger partial charge in [-0.15, -0.1) is 24.0 Å². The van der Waals surface area contributed by atoms with Gasteiger partial charge in [-0.2, -0.15) is 0 Å². The molecule has 0 atom stereocenters. The number of amides is 2. The van der Waals surface area contributed by atoms with Gasteiger partial charge in [-0.3, -0.25) is 9.59 Å². The van der Waals surface area contributed by atoms with Crippen molar-refractivity contribution in [2.24, 2.45) is 10.9 Å². The van der Waals surface area contributed by atoms with Crippen molar-refractivity contribution in [1.29, 1.82) is 0 Å². The molecule has 0 radical (unpaired) electrons. The first-order valence-corrected chi connectivity index (χ1v) is 8.65. The summed E-state index contributed by atoms with van der Waals surface area (Å²) in [6.07, 6.45) is 4.74. The van der Waals surface area contributed by atoms with Crippen LogP contribution < -0.4 is 16.0 Å². The largest absolute Gasteiger partial charge is 0.359 e. The molecule has 2 aliphatic rings. The number of hydrogen-bond acceptors (Lipinski definition) is 3. The SMILES string of the molecule is CCNC(=NCC(=O)NC1CC1)N1CCC(CC(=O)NC)CC1.I. The smallest absolute Gasteiger partial charge is 0.242 e. The number of carbonyl (C=O) groups is 2. The predicted molar refractivity (Wildman–Crippen MR) is 106 cm³/mol. The molecule has 1 heterocycles. The van der Waals surface area contributed by atoms with Crippen molar-refractivity contribution in [1.82, 2.24) is 20.9 Å². The van der Waals surface area contributed by atoms with Crippen LogP contribution in [-0.2, 0) is 9.59 Å². The molecular formula is C16H30IN5O2. The fourth-order valence-corrected chi connectivity index (χ4v) is 2.79. The summed E-state index contributed by atoms with van der Waals surface area (Å²) < 4.78 is 0. The molecule has 1 saturated carbocycles. The average molecular weight is 451 g/mol. The Bertz CT molecular complexity index is 446. The zero-order valence-electron chi connectivity index (χ0n) is 14.6. The van der Waals surface area contributed by atoms with Crippen molar-refractivity contribution < 1.29 is 9.59 Å². The lowest BCUT2D eigenvalue weighted by Crippen LogP contribution is -2.46. The molecule has 1 aliphatic heterocycles. The fourth-order valence-electron chi connectivity index (χ4n) is 2.79. The Hall–Kier alpha value is -1.06. The maximum Gasteiger partial charge on any atom is 0.242 e. The zero-order chi connectivity index (χ0) is 16.7. The summed E-state index contributed by atoms with van der Waals surface area (Å²) in [5.74, 6) is 1.35. The zero-order valence-corrected chi connectivity index (χ0v) is 17.0. The van der Waals surface area contributed by atoms with Crippen LogP contribution >= 0.6 is 24.0 Å². The van der Waals surface area contributed by atoms with Crippen molar-refractivity contribution in [3.8, 4) is 0 Å². The number of aliphatic imine (C=N–C) groups is 1. The van der Waals surface area contributed by atoms with Crippen LogP contribution in [0.3, 0.4) is 0 Å². The van der Waals surface area contributed by atoms with Crippen molar-refractivity contribution in [2.45, 2.75) is 45.1 Å². The van der Waals surface area contributed by atoms with Crippen molar-refractivity contribution in [2.75, 3.05) is 33.2 Å². The number of halogens is 1. The third-order valence-corrected chi connectivity index (χ3v) is 4.32. The minimum absolute atomic E-state index is 0. The van der Waals surface area contributed by atoms with Crippen LogP contribution in [0.4, 0.5) is 0 Å². The third-order valence-electron chi connectivity index (χ3n) is 4.32. The van der Waals surface area contributed by atoms with E-state index < -0.39 is 0 Å². The summed E-state index contributed by atoms with van der Waals surface area (Å²) in [7, 11) is 1.68. The number of carbonyl (C=O) groups excluding carboxylic acids is 2. The molecule has 2 amide bonds. The maximum absolute atomic E-state index is 11.8. The van der Waals surface area contributed by atoms with Gasteiger partial charge in [0, 0.05) is 39.1 Å². The Morgan fingerprint density at radius 1 is 1.12 bits per heavy atom. The normalized spacial score (nSPS) is 18.6. The van der Waals surface area contributed by atoms with Gasteiger partial charge in [0.1, 0.15) is 6.54 Å². The molecule has 0 unspecified atom stereocenters. The number of likely N-dealkylation sites (tertiary alicyclic amines) is 1. The number of hydrogen-bond donors (Lipinski definition) is 3. The molecule has 0 aromatic rings. The number of rotatable bonds is 6. The summed E-state index contributed by atoms with van der Waals surface area (Å²) >= 11 is 0. The highest BCUT2D eigenvalue weighted by Gasteiger charge is 2.24. The van der Waals surface area contributed by atoms with E-state index in [1.807, 2.05) is 6.92 Å². The van der Waals surface area contributed by atoms with Gasteiger partial charge in [0.2, 0.25) is 11.8 Å². The number of nitrogens with zero attached hydrogens (tertiary/aromatic N) is 2. The Morgan fingerprint density at radius 2 is 1.79 bits per heavy atom. The topological polar surface area (TPSA) is 85.8 Å². The standard InChI is InChI=1S/C16H29N5O2.HI/c1-3-18-16(19-11-15(23)20-13-4-5-13)21-8-6-12(7-9-21)10-14(22)17-2;/h12-13H,3-11H2,1-2H3,(H,17,22)(H,18,19)(H,20,23);1H. The quantitative estimate of drug-likeness (QED) is 0.315.